The van der Waals surface area contributed by atoms with Crippen LogP contribution in [0.5, 0.6) is 0 Å². The molecule has 0 fully saturated rings. The first kappa shape index (κ1) is 8.60. The van der Waals surface area contributed by atoms with E-state index < -0.39 is 0 Å². The van der Waals surface area contributed by atoms with Crippen molar-refractivity contribution in [3.63, 3.8) is 0 Å². The van der Waals surface area contributed by atoms with E-state index in [-0.39, 0.29) is 0 Å². The van der Waals surface area contributed by atoms with Gasteiger partial charge in [-0.2, -0.15) is 0 Å². The lowest BCUT2D eigenvalue weighted by Gasteiger charge is -2.03. The van der Waals surface area contributed by atoms with Crippen LogP contribution in [-0.2, 0) is 0 Å². The van der Waals surface area contributed by atoms with Crippen LogP contribution in [0.15, 0.2) is 11.7 Å². The lowest BCUT2D eigenvalue weighted by molar-refractivity contribution is 0.816. The minimum Gasteiger partial charge on any atom is -0.400 e. The Labute approximate surface area is 58.8 Å². The zero-order chi connectivity index (χ0) is 7.28. The summed E-state index contributed by atoms with van der Waals surface area (Å²) in [5, 5.41) is 3.14. The first-order valence-corrected chi connectivity index (χ1v) is 3.59. The minimum atomic E-state index is 0.660. The number of rotatable bonds is 3. The lowest BCUT2D eigenvalue weighted by Crippen LogP contribution is -2.11. The zero-order valence-corrected chi connectivity index (χ0v) is 6.86. The largest absolute Gasteiger partial charge is 0.400 e. The van der Waals surface area contributed by atoms with Crippen LogP contribution in [-0.4, -0.2) is 14.3 Å². The highest BCUT2D eigenvalue weighted by atomic mass is 14.8. The van der Waals surface area contributed by atoms with Crippen molar-refractivity contribution in [2.24, 2.45) is 5.92 Å². The molecule has 0 saturated heterocycles. The molecule has 1 nitrogen and oxygen atoms in total. The standard InChI is InChI=1S/C7H16BN/c1-6(2)5-7(8-3)9-4/h5-6,8-9H,1-4H3/b7-5+. The van der Waals surface area contributed by atoms with Gasteiger partial charge in [-0.05, 0) is 11.5 Å². The van der Waals surface area contributed by atoms with Crippen molar-refractivity contribution < 1.29 is 0 Å². The number of hydrogen-bond acceptors (Lipinski definition) is 1. The van der Waals surface area contributed by atoms with Crippen molar-refractivity contribution >= 4 is 7.28 Å². The molecule has 0 bridgehead atoms. The molecule has 52 valence electrons. The highest BCUT2D eigenvalue weighted by molar-refractivity contribution is 6.43. The van der Waals surface area contributed by atoms with Gasteiger partial charge in [-0.15, -0.1) is 0 Å². The van der Waals surface area contributed by atoms with Gasteiger partial charge in [0.05, 0.1) is 0 Å². The highest BCUT2D eigenvalue weighted by Gasteiger charge is 1.91. The Morgan fingerprint density at radius 3 is 2.22 bits per heavy atom. The maximum atomic E-state index is 3.14. The van der Waals surface area contributed by atoms with Gasteiger partial charge in [0.2, 0.25) is 0 Å². The van der Waals surface area contributed by atoms with Gasteiger partial charge in [-0.25, -0.2) is 0 Å². The van der Waals surface area contributed by atoms with Gasteiger partial charge in [0, 0.05) is 7.05 Å². The smallest absolute Gasteiger partial charge is 0.175 e. The molecular weight excluding hydrogens is 109 g/mol. The Bertz CT molecular complexity index is 91.1. The summed E-state index contributed by atoms with van der Waals surface area (Å²) in [6.45, 7) is 6.53. The van der Waals surface area contributed by atoms with Gasteiger partial charge in [0.25, 0.3) is 0 Å². The van der Waals surface area contributed by atoms with Gasteiger partial charge >= 0.3 is 0 Å². The van der Waals surface area contributed by atoms with Gasteiger partial charge < -0.3 is 5.32 Å². The molecule has 0 saturated carbocycles. The molecule has 0 aromatic heterocycles. The molecule has 0 unspecified atom stereocenters. The maximum absolute atomic E-state index is 3.14. The molecule has 0 heterocycles. The van der Waals surface area contributed by atoms with Crippen LogP contribution in [0.3, 0.4) is 0 Å². The summed E-state index contributed by atoms with van der Waals surface area (Å²) in [7, 11) is 3.08. The van der Waals surface area contributed by atoms with E-state index in [2.05, 4.69) is 32.1 Å². The monoisotopic (exact) mass is 125 g/mol. The summed E-state index contributed by atoms with van der Waals surface area (Å²) in [4.78, 5) is 0. The molecule has 0 radical (unpaired) electrons. The normalized spacial score (nSPS) is 11.9. The van der Waals surface area contributed by atoms with E-state index in [0.717, 1.165) is 7.28 Å². The zero-order valence-electron chi connectivity index (χ0n) is 6.86. The molecule has 0 rings (SSSR count). The van der Waals surface area contributed by atoms with E-state index in [1.165, 1.54) is 5.60 Å². The van der Waals surface area contributed by atoms with E-state index in [4.69, 9.17) is 0 Å². The Morgan fingerprint density at radius 2 is 2.11 bits per heavy atom. The number of allylic oxidation sites excluding steroid dienone is 1. The molecule has 9 heavy (non-hydrogen) atoms. The molecule has 0 aromatic carbocycles. The predicted octanol–water partition coefficient (Wildman–Crippen LogP) is 1.19. The number of hydrogen-bond donors (Lipinski definition) is 1. The molecule has 0 aliphatic heterocycles. The van der Waals surface area contributed by atoms with Crippen LogP contribution in [0.25, 0.3) is 0 Å². The average molecular weight is 125 g/mol. The molecular formula is C7H16BN. The molecule has 0 aliphatic rings. The summed E-state index contributed by atoms with van der Waals surface area (Å²) in [6.07, 6.45) is 2.25. The third kappa shape index (κ3) is 4.13. The van der Waals surface area contributed by atoms with Crippen LogP contribution >= 0.6 is 0 Å². The van der Waals surface area contributed by atoms with Crippen molar-refractivity contribution in [3.05, 3.63) is 11.7 Å². The topological polar surface area (TPSA) is 12.0 Å². The second kappa shape index (κ2) is 4.48. The van der Waals surface area contributed by atoms with E-state index in [0.29, 0.717) is 5.92 Å². The van der Waals surface area contributed by atoms with Gasteiger partial charge in [-0.3, -0.25) is 0 Å². The predicted molar refractivity (Wildman–Crippen MR) is 45.0 cm³/mol. The van der Waals surface area contributed by atoms with Crippen molar-refractivity contribution in [1.82, 2.24) is 5.32 Å². The van der Waals surface area contributed by atoms with Crippen molar-refractivity contribution in [2.75, 3.05) is 7.05 Å². The third-order valence-corrected chi connectivity index (χ3v) is 1.24. The van der Waals surface area contributed by atoms with E-state index >= 15 is 0 Å². The van der Waals surface area contributed by atoms with Crippen molar-refractivity contribution in [1.29, 1.82) is 0 Å². The van der Waals surface area contributed by atoms with Crippen molar-refractivity contribution in [3.8, 4) is 0 Å². The summed E-state index contributed by atoms with van der Waals surface area (Å²) >= 11 is 0. The first-order valence-electron chi connectivity index (χ1n) is 3.59. The molecule has 0 atom stereocenters. The molecule has 2 heteroatoms. The Balaban J connectivity index is 3.75. The summed E-state index contributed by atoms with van der Waals surface area (Å²) < 4.78 is 0. The van der Waals surface area contributed by atoms with Crippen LogP contribution < -0.4 is 5.32 Å². The molecule has 0 spiro atoms. The Hall–Kier alpha value is -0.395. The second-order valence-corrected chi connectivity index (χ2v) is 2.54. The summed E-state index contributed by atoms with van der Waals surface area (Å²) in [6, 6.07) is 0. The quantitative estimate of drug-likeness (QED) is 0.558. The minimum absolute atomic E-state index is 0.660. The lowest BCUT2D eigenvalue weighted by atomic mass is 9.76. The van der Waals surface area contributed by atoms with Crippen LogP contribution in [0, 0.1) is 5.92 Å². The fraction of sp³-hybridized carbons (Fsp3) is 0.714. The van der Waals surface area contributed by atoms with Crippen LogP contribution in [0.1, 0.15) is 13.8 Å². The highest BCUT2D eigenvalue weighted by Crippen LogP contribution is 1.96. The summed E-state index contributed by atoms with van der Waals surface area (Å²) in [5.41, 5.74) is 1.34. The number of nitrogens with one attached hydrogen (secondary N) is 1. The fourth-order valence-electron chi connectivity index (χ4n) is 0.780. The van der Waals surface area contributed by atoms with Crippen molar-refractivity contribution in [2.45, 2.75) is 20.7 Å². The Kier molecular flexibility index (Phi) is 4.28. The second-order valence-electron chi connectivity index (χ2n) is 2.54. The first-order chi connectivity index (χ1) is 4.20. The maximum Gasteiger partial charge on any atom is 0.175 e. The van der Waals surface area contributed by atoms with E-state index in [9.17, 15) is 0 Å². The van der Waals surface area contributed by atoms with E-state index in [1.54, 1.807) is 0 Å². The summed E-state index contributed by atoms with van der Waals surface area (Å²) in [5.74, 6) is 0.660. The molecule has 1 N–H and O–H groups in total. The van der Waals surface area contributed by atoms with Crippen LogP contribution in [0.2, 0.25) is 6.82 Å². The third-order valence-electron chi connectivity index (χ3n) is 1.24. The van der Waals surface area contributed by atoms with Crippen LogP contribution in [0.4, 0.5) is 0 Å². The molecule has 0 aliphatic carbocycles. The van der Waals surface area contributed by atoms with Gasteiger partial charge in [0.1, 0.15) is 0 Å². The molecule has 0 amide bonds. The fourth-order valence-corrected chi connectivity index (χ4v) is 0.780. The molecule has 0 aromatic rings. The van der Waals surface area contributed by atoms with E-state index in [1.807, 2.05) is 7.05 Å². The average Bonchev–Trinajstić information content (AvgIpc) is 1.82. The van der Waals surface area contributed by atoms with Gasteiger partial charge in [-0.1, -0.05) is 26.7 Å². The Morgan fingerprint density at radius 1 is 1.56 bits per heavy atom. The van der Waals surface area contributed by atoms with Gasteiger partial charge in [0.15, 0.2) is 7.28 Å². The SMILES string of the molecule is CB/C(=C\C(C)C)NC.